The van der Waals surface area contributed by atoms with Crippen molar-refractivity contribution in [2.75, 3.05) is 0 Å². The Hall–Kier alpha value is -0.790. The van der Waals surface area contributed by atoms with Gasteiger partial charge in [-0.3, -0.25) is 0 Å². The lowest BCUT2D eigenvalue weighted by atomic mass is 10.2. The van der Waals surface area contributed by atoms with Crippen LogP contribution in [0.25, 0.3) is 10.6 Å². The van der Waals surface area contributed by atoms with Crippen LogP contribution in [0, 0.1) is 0 Å². The highest BCUT2D eigenvalue weighted by atomic mass is 79.9. The van der Waals surface area contributed by atoms with Crippen LogP contribution < -0.4 is 0 Å². The Morgan fingerprint density at radius 3 is 2.69 bits per heavy atom. The lowest BCUT2D eigenvalue weighted by Crippen LogP contribution is -1.91. The molecule has 0 unspecified atom stereocenters. The highest BCUT2D eigenvalue weighted by molar-refractivity contribution is 9.10. The molecule has 7 heteroatoms. The average Bonchev–Trinajstić information content (AvgIpc) is 2.65. The van der Waals surface area contributed by atoms with Gasteiger partial charge in [0.15, 0.2) is 5.03 Å². The molecule has 0 N–H and O–H groups in total. The SMILES string of the molecule is O=S(=O)(F)c1csc(-c2cccc(Br)c2)n1. The van der Waals surface area contributed by atoms with E-state index in [9.17, 15) is 12.3 Å². The number of halogens is 2. The molecule has 0 saturated heterocycles. The summed E-state index contributed by atoms with van der Waals surface area (Å²) in [5.41, 5.74) is 0.745. The van der Waals surface area contributed by atoms with E-state index < -0.39 is 15.2 Å². The minimum Gasteiger partial charge on any atom is -0.222 e. The van der Waals surface area contributed by atoms with Gasteiger partial charge >= 0.3 is 10.2 Å². The van der Waals surface area contributed by atoms with Gasteiger partial charge in [0, 0.05) is 15.4 Å². The molecule has 0 spiro atoms. The van der Waals surface area contributed by atoms with Crippen LogP contribution >= 0.6 is 27.3 Å². The number of aromatic nitrogens is 1. The minimum absolute atomic E-state index is 0.470. The summed E-state index contributed by atoms with van der Waals surface area (Å²) in [7, 11) is -4.71. The fourth-order valence-electron chi connectivity index (χ4n) is 1.13. The van der Waals surface area contributed by atoms with E-state index in [0.717, 1.165) is 21.4 Å². The quantitative estimate of drug-likeness (QED) is 0.798. The molecule has 0 radical (unpaired) electrons. The second-order valence-corrected chi connectivity index (χ2v) is 6.01. The minimum atomic E-state index is -4.71. The van der Waals surface area contributed by atoms with Crippen molar-refractivity contribution in [1.29, 1.82) is 0 Å². The average molecular weight is 322 g/mol. The normalized spacial score (nSPS) is 11.6. The Kier molecular flexibility index (Phi) is 3.09. The molecule has 0 aliphatic rings. The molecule has 1 aromatic carbocycles. The van der Waals surface area contributed by atoms with Crippen LogP contribution in [-0.4, -0.2) is 13.4 Å². The summed E-state index contributed by atoms with van der Waals surface area (Å²) in [5.74, 6) is 0. The van der Waals surface area contributed by atoms with Crippen molar-refractivity contribution in [3.63, 3.8) is 0 Å². The van der Waals surface area contributed by atoms with Crippen LogP contribution in [0.5, 0.6) is 0 Å². The number of hydrogen-bond acceptors (Lipinski definition) is 4. The molecule has 0 amide bonds. The Balaban J connectivity index is 2.47. The fourth-order valence-corrected chi connectivity index (χ4v) is 3.07. The van der Waals surface area contributed by atoms with Gasteiger partial charge in [-0.2, -0.15) is 8.42 Å². The highest BCUT2D eigenvalue weighted by Crippen LogP contribution is 2.28. The number of hydrogen-bond donors (Lipinski definition) is 0. The van der Waals surface area contributed by atoms with E-state index >= 15 is 0 Å². The second kappa shape index (κ2) is 4.23. The van der Waals surface area contributed by atoms with Crippen LogP contribution in [0.3, 0.4) is 0 Å². The molecule has 0 fully saturated rings. The van der Waals surface area contributed by atoms with Crippen molar-refractivity contribution in [2.24, 2.45) is 0 Å². The summed E-state index contributed by atoms with van der Waals surface area (Å²) in [4.78, 5) is 3.73. The highest BCUT2D eigenvalue weighted by Gasteiger charge is 2.17. The third-order valence-electron chi connectivity index (χ3n) is 1.80. The Labute approximate surface area is 104 Å². The van der Waals surface area contributed by atoms with E-state index in [4.69, 9.17) is 0 Å². The van der Waals surface area contributed by atoms with Gasteiger partial charge < -0.3 is 0 Å². The third-order valence-corrected chi connectivity index (χ3v) is 4.05. The van der Waals surface area contributed by atoms with Crippen LogP contribution in [0.1, 0.15) is 0 Å². The fraction of sp³-hybridized carbons (Fsp3) is 0. The lowest BCUT2D eigenvalue weighted by molar-refractivity contribution is 0.549. The summed E-state index contributed by atoms with van der Waals surface area (Å²) in [5, 5.41) is 1.12. The van der Waals surface area contributed by atoms with E-state index in [-0.39, 0.29) is 0 Å². The molecule has 3 nitrogen and oxygen atoms in total. The zero-order valence-electron chi connectivity index (χ0n) is 7.72. The van der Waals surface area contributed by atoms with Gasteiger partial charge in [-0.1, -0.05) is 31.9 Å². The van der Waals surface area contributed by atoms with E-state index in [0.29, 0.717) is 5.01 Å². The molecule has 0 atom stereocenters. The molecule has 0 aliphatic carbocycles. The van der Waals surface area contributed by atoms with Gasteiger partial charge in [0.05, 0.1) is 0 Å². The van der Waals surface area contributed by atoms with Crippen molar-refractivity contribution in [1.82, 2.24) is 4.98 Å². The third kappa shape index (κ3) is 2.47. The first kappa shape index (κ1) is 11.7. The lowest BCUT2D eigenvalue weighted by Gasteiger charge is -1.95. The number of benzene rings is 1. The second-order valence-electron chi connectivity index (χ2n) is 2.94. The summed E-state index contributed by atoms with van der Waals surface area (Å²) < 4.78 is 34.7. The predicted molar refractivity (Wildman–Crippen MR) is 63.5 cm³/mol. The van der Waals surface area contributed by atoms with Crippen molar-refractivity contribution in [3.8, 4) is 10.6 Å². The first-order valence-corrected chi connectivity index (χ1v) is 7.18. The molecular formula is C9H5BrFNO2S2. The van der Waals surface area contributed by atoms with Crippen molar-refractivity contribution in [3.05, 3.63) is 34.1 Å². The smallest absolute Gasteiger partial charge is 0.222 e. The van der Waals surface area contributed by atoms with Crippen LogP contribution in [-0.2, 0) is 10.2 Å². The van der Waals surface area contributed by atoms with Crippen molar-refractivity contribution in [2.45, 2.75) is 5.03 Å². The zero-order valence-corrected chi connectivity index (χ0v) is 10.9. The molecule has 1 heterocycles. The van der Waals surface area contributed by atoms with Crippen LogP contribution in [0.4, 0.5) is 3.89 Å². The largest absolute Gasteiger partial charge is 0.350 e. The van der Waals surface area contributed by atoms with Gasteiger partial charge in [0.25, 0.3) is 0 Å². The molecular weight excluding hydrogens is 317 g/mol. The maximum atomic E-state index is 12.6. The molecule has 0 aliphatic heterocycles. The first-order chi connectivity index (χ1) is 7.47. The van der Waals surface area contributed by atoms with Gasteiger partial charge in [-0.25, -0.2) is 4.98 Å². The van der Waals surface area contributed by atoms with Crippen molar-refractivity contribution >= 4 is 37.5 Å². The van der Waals surface area contributed by atoms with E-state index in [1.165, 1.54) is 5.38 Å². The predicted octanol–water partition coefficient (Wildman–Crippen LogP) is 3.23. The summed E-state index contributed by atoms with van der Waals surface area (Å²) in [6.45, 7) is 0. The standard InChI is InChI=1S/C9H5BrFNO2S2/c10-7-3-1-2-6(4-7)9-12-8(5-15-9)16(11,13)14/h1-5H. The monoisotopic (exact) mass is 321 g/mol. The number of rotatable bonds is 2. The van der Waals surface area contributed by atoms with Gasteiger partial charge in [0.1, 0.15) is 5.01 Å². The molecule has 0 bridgehead atoms. The molecule has 84 valence electrons. The topological polar surface area (TPSA) is 47.0 Å². The molecule has 2 rings (SSSR count). The van der Waals surface area contributed by atoms with Gasteiger partial charge in [0.2, 0.25) is 0 Å². The molecule has 2 aromatic rings. The zero-order chi connectivity index (χ0) is 11.8. The molecule has 16 heavy (non-hydrogen) atoms. The summed E-state index contributed by atoms with van der Waals surface area (Å²) in [6, 6.07) is 7.19. The summed E-state index contributed by atoms with van der Waals surface area (Å²) in [6.07, 6.45) is 0. The van der Waals surface area contributed by atoms with E-state index in [1.807, 2.05) is 6.07 Å². The number of thiazole rings is 1. The maximum absolute atomic E-state index is 12.6. The molecule has 1 aromatic heterocycles. The molecule has 0 saturated carbocycles. The summed E-state index contributed by atoms with van der Waals surface area (Å²) >= 11 is 4.38. The van der Waals surface area contributed by atoms with E-state index in [1.54, 1.807) is 18.2 Å². The maximum Gasteiger partial charge on any atom is 0.350 e. The Bertz CT molecular complexity index is 624. The van der Waals surface area contributed by atoms with Gasteiger partial charge in [-0.15, -0.1) is 11.3 Å². The van der Waals surface area contributed by atoms with Crippen LogP contribution in [0.15, 0.2) is 39.1 Å². The first-order valence-electron chi connectivity index (χ1n) is 4.13. The van der Waals surface area contributed by atoms with Crippen molar-refractivity contribution < 1.29 is 12.3 Å². The van der Waals surface area contributed by atoms with Crippen LogP contribution in [0.2, 0.25) is 0 Å². The number of nitrogens with zero attached hydrogens (tertiary/aromatic N) is 1. The van der Waals surface area contributed by atoms with E-state index in [2.05, 4.69) is 20.9 Å². The Morgan fingerprint density at radius 2 is 2.12 bits per heavy atom. The Morgan fingerprint density at radius 1 is 1.38 bits per heavy atom. The van der Waals surface area contributed by atoms with Gasteiger partial charge in [-0.05, 0) is 12.1 Å².